The molecule has 0 aliphatic carbocycles. The number of nitro benzene ring substituents is 1. The number of amides is 1. The zero-order chi connectivity index (χ0) is 24.7. The van der Waals surface area contributed by atoms with Crippen LogP contribution in [-0.2, 0) is 14.8 Å². The Kier molecular flexibility index (Phi) is 8.26. The van der Waals surface area contributed by atoms with Crippen molar-refractivity contribution in [3.05, 3.63) is 104 Å². The number of carbonyl (C=O) groups is 1. The van der Waals surface area contributed by atoms with E-state index in [-0.39, 0.29) is 17.0 Å². The number of halogens is 1. The number of nitrogens with zero attached hydrogens (tertiary/aromatic N) is 2. The molecular formula is C23H21BrN4O5S. The standard InChI is InChI=1S/C23H21BrN4O5S/c1-16-7-10-19(11-8-16)34(32,33)27-21(18-5-3-2-4-6-18)14-23(29)26-25-15-17-9-12-20(24)22(13-17)28(30)31/h2-13,15,21,27H,14H2,1H3,(H,26,29)/b25-15-/t21-/m1/s1. The highest BCUT2D eigenvalue weighted by Crippen LogP contribution is 2.25. The predicted molar refractivity (Wildman–Crippen MR) is 132 cm³/mol. The zero-order valence-corrected chi connectivity index (χ0v) is 20.4. The Morgan fingerprint density at radius 2 is 1.79 bits per heavy atom. The third kappa shape index (κ3) is 6.80. The van der Waals surface area contributed by atoms with Crippen LogP contribution in [0.3, 0.4) is 0 Å². The summed E-state index contributed by atoms with van der Waals surface area (Å²) in [5.74, 6) is -0.539. The minimum Gasteiger partial charge on any atom is -0.273 e. The zero-order valence-electron chi connectivity index (χ0n) is 18.0. The fourth-order valence-corrected chi connectivity index (χ4v) is 4.66. The molecule has 0 saturated carbocycles. The first-order valence-electron chi connectivity index (χ1n) is 10.1. The molecule has 3 aromatic carbocycles. The fraction of sp³-hybridized carbons (Fsp3) is 0.130. The smallest absolute Gasteiger partial charge is 0.273 e. The van der Waals surface area contributed by atoms with Crippen LogP contribution in [0.4, 0.5) is 5.69 Å². The van der Waals surface area contributed by atoms with Crippen molar-refractivity contribution in [3.63, 3.8) is 0 Å². The van der Waals surface area contributed by atoms with E-state index in [0.717, 1.165) is 5.56 Å². The van der Waals surface area contributed by atoms with Gasteiger partial charge < -0.3 is 0 Å². The molecule has 0 bridgehead atoms. The van der Waals surface area contributed by atoms with Gasteiger partial charge in [-0.2, -0.15) is 5.10 Å². The van der Waals surface area contributed by atoms with Crippen LogP contribution >= 0.6 is 15.9 Å². The quantitative estimate of drug-likeness (QED) is 0.236. The SMILES string of the molecule is Cc1ccc(S(=O)(=O)N[C@H](CC(=O)N/N=C\c2ccc(Br)c([N+](=O)[O-])c2)c2ccccc2)cc1. The van der Waals surface area contributed by atoms with Gasteiger partial charge in [-0.1, -0.05) is 54.1 Å². The van der Waals surface area contributed by atoms with Crippen molar-refractivity contribution in [2.45, 2.75) is 24.3 Å². The summed E-state index contributed by atoms with van der Waals surface area (Å²) in [6, 6.07) is 18.7. The van der Waals surface area contributed by atoms with E-state index in [0.29, 0.717) is 15.6 Å². The predicted octanol–water partition coefficient (Wildman–Crippen LogP) is 4.23. The van der Waals surface area contributed by atoms with Gasteiger partial charge in [-0.15, -0.1) is 0 Å². The van der Waals surface area contributed by atoms with Crippen LogP contribution < -0.4 is 10.1 Å². The molecule has 0 aromatic heterocycles. The van der Waals surface area contributed by atoms with Crippen LogP contribution in [0.2, 0.25) is 0 Å². The Balaban J connectivity index is 1.73. The highest BCUT2D eigenvalue weighted by molar-refractivity contribution is 9.10. The summed E-state index contributed by atoms with van der Waals surface area (Å²) in [5, 5.41) is 14.9. The lowest BCUT2D eigenvalue weighted by Gasteiger charge is -2.18. The largest absolute Gasteiger partial charge is 0.284 e. The molecule has 0 spiro atoms. The number of hydrogen-bond donors (Lipinski definition) is 2. The first kappa shape index (κ1) is 25.2. The van der Waals surface area contributed by atoms with E-state index < -0.39 is 26.9 Å². The van der Waals surface area contributed by atoms with E-state index in [1.165, 1.54) is 30.5 Å². The van der Waals surface area contributed by atoms with Gasteiger partial charge in [0, 0.05) is 18.1 Å². The summed E-state index contributed by atoms with van der Waals surface area (Å²) in [4.78, 5) is 23.1. The lowest BCUT2D eigenvalue weighted by atomic mass is 10.0. The van der Waals surface area contributed by atoms with E-state index in [9.17, 15) is 23.3 Å². The van der Waals surface area contributed by atoms with Gasteiger partial charge >= 0.3 is 0 Å². The minimum atomic E-state index is -3.89. The Hall–Kier alpha value is -3.41. The number of carbonyl (C=O) groups excluding carboxylic acids is 1. The second-order valence-corrected chi connectivity index (χ2v) is 9.93. The molecule has 1 amide bonds. The fourth-order valence-electron chi connectivity index (χ4n) is 3.05. The van der Waals surface area contributed by atoms with E-state index in [2.05, 4.69) is 31.2 Å². The Morgan fingerprint density at radius 3 is 2.44 bits per heavy atom. The van der Waals surface area contributed by atoms with Crippen molar-refractivity contribution in [1.82, 2.24) is 10.1 Å². The summed E-state index contributed by atoms with van der Waals surface area (Å²) >= 11 is 3.10. The van der Waals surface area contributed by atoms with Crippen LogP contribution in [0.5, 0.6) is 0 Å². The minimum absolute atomic E-state index is 0.0919. The number of rotatable bonds is 9. The van der Waals surface area contributed by atoms with Crippen molar-refractivity contribution in [2.75, 3.05) is 0 Å². The number of hydrazone groups is 1. The molecule has 0 aliphatic rings. The second-order valence-electron chi connectivity index (χ2n) is 7.36. The molecule has 2 N–H and O–H groups in total. The summed E-state index contributed by atoms with van der Waals surface area (Å²) in [6.07, 6.45) is 1.05. The molecular weight excluding hydrogens is 524 g/mol. The normalized spacial score (nSPS) is 12.4. The molecule has 0 saturated heterocycles. The molecule has 176 valence electrons. The van der Waals surface area contributed by atoms with Crippen LogP contribution in [0.15, 0.2) is 87.3 Å². The van der Waals surface area contributed by atoms with Gasteiger partial charge in [0.2, 0.25) is 15.9 Å². The Morgan fingerprint density at radius 1 is 1.12 bits per heavy atom. The number of nitro groups is 1. The summed E-state index contributed by atoms with van der Waals surface area (Å²) in [7, 11) is -3.89. The van der Waals surface area contributed by atoms with E-state index in [4.69, 9.17) is 0 Å². The van der Waals surface area contributed by atoms with E-state index in [1.54, 1.807) is 48.5 Å². The maximum atomic E-state index is 12.9. The lowest BCUT2D eigenvalue weighted by Crippen LogP contribution is -2.32. The summed E-state index contributed by atoms with van der Waals surface area (Å²) in [5.41, 5.74) is 4.15. The highest BCUT2D eigenvalue weighted by atomic mass is 79.9. The van der Waals surface area contributed by atoms with Gasteiger partial charge in [0.05, 0.1) is 26.5 Å². The van der Waals surface area contributed by atoms with Crippen LogP contribution in [0, 0.1) is 17.0 Å². The molecule has 34 heavy (non-hydrogen) atoms. The van der Waals surface area contributed by atoms with Crippen molar-refractivity contribution in [2.24, 2.45) is 5.10 Å². The van der Waals surface area contributed by atoms with Gasteiger partial charge in [-0.3, -0.25) is 14.9 Å². The molecule has 0 unspecified atom stereocenters. The Labute approximate surface area is 205 Å². The Bertz CT molecular complexity index is 1310. The van der Waals surface area contributed by atoms with Crippen LogP contribution in [0.1, 0.15) is 29.2 Å². The van der Waals surface area contributed by atoms with Crippen molar-refractivity contribution in [3.8, 4) is 0 Å². The molecule has 0 heterocycles. The number of hydrogen-bond acceptors (Lipinski definition) is 6. The average Bonchev–Trinajstić information content (AvgIpc) is 2.80. The van der Waals surface area contributed by atoms with Gasteiger partial charge in [-0.05, 0) is 46.6 Å². The van der Waals surface area contributed by atoms with Crippen molar-refractivity contribution >= 4 is 43.8 Å². The van der Waals surface area contributed by atoms with Crippen molar-refractivity contribution < 1.29 is 18.1 Å². The maximum absolute atomic E-state index is 12.9. The second kappa shape index (κ2) is 11.1. The van der Waals surface area contributed by atoms with Gasteiger partial charge in [0.25, 0.3) is 5.69 Å². The van der Waals surface area contributed by atoms with Gasteiger partial charge in [-0.25, -0.2) is 18.6 Å². The molecule has 3 rings (SSSR count). The number of benzene rings is 3. The monoisotopic (exact) mass is 544 g/mol. The van der Waals surface area contributed by atoms with Crippen molar-refractivity contribution in [1.29, 1.82) is 0 Å². The maximum Gasteiger partial charge on any atom is 0.284 e. The third-order valence-electron chi connectivity index (χ3n) is 4.79. The summed E-state index contributed by atoms with van der Waals surface area (Å²) in [6.45, 7) is 1.86. The molecule has 1 atom stereocenters. The number of nitrogens with one attached hydrogen (secondary N) is 2. The molecule has 0 aliphatic heterocycles. The van der Waals surface area contributed by atoms with Crippen LogP contribution in [0.25, 0.3) is 0 Å². The summed E-state index contributed by atoms with van der Waals surface area (Å²) < 4.78 is 28.7. The molecule has 9 nitrogen and oxygen atoms in total. The number of aryl methyl sites for hydroxylation is 1. The molecule has 0 radical (unpaired) electrons. The molecule has 3 aromatic rings. The molecule has 0 fully saturated rings. The first-order valence-corrected chi connectivity index (χ1v) is 12.3. The lowest BCUT2D eigenvalue weighted by molar-refractivity contribution is -0.385. The first-order chi connectivity index (χ1) is 16.2. The molecule has 11 heteroatoms. The third-order valence-corrected chi connectivity index (χ3v) is 6.95. The van der Waals surface area contributed by atoms with Gasteiger partial charge in [0.15, 0.2) is 0 Å². The number of sulfonamides is 1. The van der Waals surface area contributed by atoms with Gasteiger partial charge in [0.1, 0.15) is 0 Å². The van der Waals surface area contributed by atoms with E-state index >= 15 is 0 Å². The van der Waals surface area contributed by atoms with E-state index in [1.807, 2.05) is 6.92 Å². The highest BCUT2D eigenvalue weighted by Gasteiger charge is 2.23. The topological polar surface area (TPSA) is 131 Å². The average molecular weight is 545 g/mol. The van der Waals surface area contributed by atoms with Crippen LogP contribution in [-0.4, -0.2) is 25.5 Å².